The van der Waals surface area contributed by atoms with Gasteiger partial charge in [0, 0.05) is 6.92 Å². The number of aliphatic hydroxyl groups excluding tert-OH is 9. The van der Waals surface area contributed by atoms with Gasteiger partial charge >= 0.3 is 10.4 Å². The molecule has 32 heavy (non-hydrogen) atoms. The zero-order chi connectivity index (χ0) is 25.8. The van der Waals surface area contributed by atoms with E-state index in [0.717, 1.165) is 0 Å². The Labute approximate surface area is 181 Å². The molecule has 0 radical (unpaired) electrons. The molecule has 9 atom stereocenters. The van der Waals surface area contributed by atoms with Crippen LogP contribution in [0.1, 0.15) is 6.92 Å². The molecule has 1 unspecified atom stereocenters. The second-order valence-corrected chi connectivity index (χ2v) is 7.16. The summed E-state index contributed by atoms with van der Waals surface area (Å²) in [6.45, 7) is -0.0736. The van der Waals surface area contributed by atoms with Crippen molar-refractivity contribution in [3.8, 4) is 0 Å². The fourth-order valence-corrected chi connectivity index (χ4v) is 2.11. The van der Waals surface area contributed by atoms with Crippen molar-refractivity contribution in [1.29, 1.82) is 0 Å². The second-order valence-electron chi connectivity index (χ2n) is 6.26. The smallest absolute Gasteiger partial charge is 0.394 e. The molecule has 0 aromatic heterocycles. The van der Waals surface area contributed by atoms with Crippen LogP contribution in [0.4, 0.5) is 0 Å². The molecule has 1 fully saturated rings. The number of ether oxygens (including phenoxy) is 1. The minimum atomic E-state index is -4.67. The van der Waals surface area contributed by atoms with Crippen LogP contribution < -0.4 is 5.32 Å². The van der Waals surface area contributed by atoms with Crippen LogP contribution in [0, 0.1) is 0 Å². The van der Waals surface area contributed by atoms with Crippen LogP contribution in [0.5, 0.6) is 0 Å². The number of hydrogen-bond donors (Lipinski definition) is 12. The zero-order valence-corrected chi connectivity index (χ0v) is 17.4. The highest BCUT2D eigenvalue weighted by Crippen LogP contribution is 2.19. The van der Waals surface area contributed by atoms with Crippen LogP contribution in [0.15, 0.2) is 0 Å². The van der Waals surface area contributed by atoms with E-state index in [-0.39, 0.29) is 6.29 Å². The van der Waals surface area contributed by atoms with Crippen molar-refractivity contribution in [2.75, 3.05) is 13.2 Å². The van der Waals surface area contributed by atoms with Crippen LogP contribution in [-0.4, -0.2) is 144 Å². The van der Waals surface area contributed by atoms with Crippen molar-refractivity contribution >= 4 is 22.6 Å². The Hall–Kier alpha value is -1.39. The molecule has 1 amide bonds. The molecule has 17 nitrogen and oxygen atoms in total. The van der Waals surface area contributed by atoms with Crippen LogP contribution in [-0.2, 0) is 24.7 Å². The lowest BCUT2D eigenvalue weighted by Crippen LogP contribution is -2.63. The lowest BCUT2D eigenvalue weighted by Gasteiger charge is -2.40. The maximum absolute atomic E-state index is 10.7. The molecule has 192 valence electrons. The van der Waals surface area contributed by atoms with Crippen molar-refractivity contribution in [3.63, 3.8) is 0 Å². The van der Waals surface area contributed by atoms with E-state index in [1.807, 2.05) is 0 Å². The Kier molecular flexibility index (Phi) is 15.8. The van der Waals surface area contributed by atoms with Crippen LogP contribution >= 0.6 is 0 Å². The van der Waals surface area contributed by atoms with E-state index in [1.165, 1.54) is 6.92 Å². The highest BCUT2D eigenvalue weighted by Gasteiger charge is 2.43. The maximum Gasteiger partial charge on any atom is 0.394 e. The summed E-state index contributed by atoms with van der Waals surface area (Å²) in [6, 6.07) is -1.10. The van der Waals surface area contributed by atoms with Gasteiger partial charge in [-0.1, -0.05) is 0 Å². The Morgan fingerprint density at radius 3 is 1.84 bits per heavy atom. The van der Waals surface area contributed by atoms with E-state index < -0.39 is 84.6 Å². The van der Waals surface area contributed by atoms with Gasteiger partial charge in [0.05, 0.1) is 13.2 Å². The van der Waals surface area contributed by atoms with Crippen LogP contribution in [0.2, 0.25) is 0 Å². The highest BCUT2D eigenvalue weighted by molar-refractivity contribution is 7.79. The van der Waals surface area contributed by atoms with Crippen molar-refractivity contribution in [2.24, 2.45) is 0 Å². The first kappa shape index (κ1) is 32.8. The Morgan fingerprint density at radius 2 is 1.50 bits per heavy atom. The van der Waals surface area contributed by atoms with Gasteiger partial charge in [0.2, 0.25) is 5.91 Å². The van der Waals surface area contributed by atoms with Crippen molar-refractivity contribution < 1.29 is 77.8 Å². The monoisotopic (exact) mass is 499 g/mol. The standard InChI is InChI=1S/C8H15NO6.C6H12O6.H2O4S/c1-3(11)9-5-7(13)6(12)4(2-10)15-8(5)14;7-1-3(9)5(11)6(12)4(10)2-8;1-5(2,3)4/h4-8,10,12-14H,2H2,1H3,(H,9,11);1,3-6,8-12H,2H2;(H2,1,2,3,4)/t4-,5-,6-,7-,8?;3-,4+,5+,6-;/m10./s1. The van der Waals surface area contributed by atoms with Gasteiger partial charge in [0.25, 0.3) is 0 Å². The molecule has 0 saturated carbocycles. The van der Waals surface area contributed by atoms with Crippen molar-refractivity contribution in [3.05, 3.63) is 0 Å². The van der Waals surface area contributed by atoms with E-state index in [9.17, 15) is 24.9 Å². The molecule has 1 rings (SSSR count). The topological polar surface area (TPSA) is 312 Å². The molecule has 0 aromatic carbocycles. The van der Waals surface area contributed by atoms with Crippen molar-refractivity contribution in [1.82, 2.24) is 5.32 Å². The average molecular weight is 499 g/mol. The molecule has 0 spiro atoms. The molecule has 12 N–H and O–H groups in total. The number of hydrogen-bond acceptors (Lipinski definition) is 14. The largest absolute Gasteiger partial charge is 0.394 e. The summed E-state index contributed by atoms with van der Waals surface area (Å²) in [7, 11) is -4.67. The third-order valence-electron chi connectivity index (χ3n) is 3.69. The minimum Gasteiger partial charge on any atom is -0.394 e. The number of carbonyl (C=O) groups is 2. The molecule has 1 heterocycles. The highest BCUT2D eigenvalue weighted by atomic mass is 32.3. The molecule has 0 aromatic rings. The van der Waals surface area contributed by atoms with Crippen LogP contribution in [0.3, 0.4) is 0 Å². The fourth-order valence-electron chi connectivity index (χ4n) is 2.11. The fraction of sp³-hybridized carbons (Fsp3) is 0.857. The summed E-state index contributed by atoms with van der Waals surface area (Å²) in [6.07, 6.45) is -12.1. The Bertz CT molecular complexity index is 639. The molecule has 0 aliphatic carbocycles. The molecule has 1 saturated heterocycles. The van der Waals surface area contributed by atoms with Crippen molar-refractivity contribution in [2.45, 2.75) is 62.0 Å². The lowest BCUT2D eigenvalue weighted by atomic mass is 9.97. The zero-order valence-electron chi connectivity index (χ0n) is 16.6. The van der Waals surface area contributed by atoms with Gasteiger partial charge in [-0.3, -0.25) is 13.9 Å². The summed E-state index contributed by atoms with van der Waals surface area (Å²) in [5.41, 5.74) is 0. The first-order chi connectivity index (χ1) is 14.5. The van der Waals surface area contributed by atoms with Crippen LogP contribution in [0.25, 0.3) is 0 Å². The summed E-state index contributed by atoms with van der Waals surface area (Å²) in [5.74, 6) is -0.462. The number of amides is 1. The third kappa shape index (κ3) is 13.2. The number of aldehydes is 1. The Balaban J connectivity index is 0. The van der Waals surface area contributed by atoms with E-state index in [2.05, 4.69) is 5.32 Å². The van der Waals surface area contributed by atoms with E-state index in [1.54, 1.807) is 0 Å². The van der Waals surface area contributed by atoms with Gasteiger partial charge in [-0.15, -0.1) is 0 Å². The minimum absolute atomic E-state index is 0.0258. The van der Waals surface area contributed by atoms with E-state index in [4.69, 9.17) is 52.9 Å². The second kappa shape index (κ2) is 15.4. The Morgan fingerprint density at radius 1 is 1.03 bits per heavy atom. The third-order valence-corrected chi connectivity index (χ3v) is 3.69. The predicted molar refractivity (Wildman–Crippen MR) is 98.9 cm³/mol. The number of rotatable bonds is 7. The first-order valence-corrected chi connectivity index (χ1v) is 9.97. The maximum atomic E-state index is 10.7. The van der Waals surface area contributed by atoms with Gasteiger partial charge < -0.3 is 60.8 Å². The summed E-state index contributed by atoms with van der Waals surface area (Å²) in [5, 5.41) is 82.9. The molecule has 1 aliphatic heterocycles. The molecule has 1 aliphatic rings. The molecular formula is C14H29NO16S. The van der Waals surface area contributed by atoms with Gasteiger partial charge in [0.15, 0.2) is 12.6 Å². The number of nitrogens with one attached hydrogen (secondary N) is 1. The predicted octanol–water partition coefficient (Wildman–Crippen LogP) is -7.11. The normalized spacial score (nSPS) is 29.1. The van der Waals surface area contributed by atoms with Gasteiger partial charge in [0.1, 0.15) is 48.8 Å². The summed E-state index contributed by atoms with van der Waals surface area (Å²) < 4.78 is 36.4. The average Bonchev–Trinajstić information content (AvgIpc) is 2.70. The number of aliphatic hydroxyl groups is 9. The summed E-state index contributed by atoms with van der Waals surface area (Å²) in [4.78, 5) is 20.6. The van der Waals surface area contributed by atoms with E-state index in [0.29, 0.717) is 0 Å². The van der Waals surface area contributed by atoms with Gasteiger partial charge in [-0.25, -0.2) is 0 Å². The molecule has 18 heteroatoms. The molecular weight excluding hydrogens is 470 g/mol. The lowest BCUT2D eigenvalue weighted by molar-refractivity contribution is -0.253. The van der Waals surface area contributed by atoms with Gasteiger partial charge in [-0.05, 0) is 0 Å². The van der Waals surface area contributed by atoms with Gasteiger partial charge in [-0.2, -0.15) is 8.42 Å². The molecule has 0 bridgehead atoms. The SMILES string of the molecule is CC(=O)N[C@H]1C(O)O[C@H](CO)[C@@H](O)[C@@H]1O.O=C[C@H](O)[C@@H](O)[C@@H](O)[C@H](O)CO.O=S(=O)(O)O. The first-order valence-electron chi connectivity index (χ1n) is 8.57. The summed E-state index contributed by atoms with van der Waals surface area (Å²) >= 11 is 0. The van der Waals surface area contributed by atoms with E-state index >= 15 is 0 Å². The quantitative estimate of drug-likeness (QED) is 0.114. The number of carbonyl (C=O) groups excluding carboxylic acids is 2.